The van der Waals surface area contributed by atoms with Crippen LogP contribution in [0.1, 0.15) is 25.3 Å². The van der Waals surface area contributed by atoms with Gasteiger partial charge in [0.25, 0.3) is 0 Å². The Morgan fingerprint density at radius 2 is 1.80 bits per heavy atom. The molecule has 0 bridgehead atoms. The highest BCUT2D eigenvalue weighted by molar-refractivity contribution is 7.99. The van der Waals surface area contributed by atoms with E-state index < -0.39 is 5.63 Å². The van der Waals surface area contributed by atoms with Gasteiger partial charge in [0.1, 0.15) is 16.4 Å². The molecular formula is C20H17ClO3S. The Hall–Kier alpha value is -2.17. The van der Waals surface area contributed by atoms with Crippen molar-refractivity contribution >= 4 is 23.4 Å². The normalized spacial score (nSPS) is 11.0. The molecule has 0 spiro atoms. The number of rotatable bonds is 4. The summed E-state index contributed by atoms with van der Waals surface area (Å²) < 4.78 is 5.41. The molecule has 1 aromatic heterocycles. The molecule has 128 valence electrons. The van der Waals surface area contributed by atoms with Crippen LogP contribution in [0.2, 0.25) is 5.02 Å². The van der Waals surface area contributed by atoms with Gasteiger partial charge in [0, 0.05) is 21.5 Å². The van der Waals surface area contributed by atoms with E-state index in [-0.39, 0.29) is 16.6 Å². The minimum atomic E-state index is -0.562. The second-order valence-corrected chi connectivity index (χ2v) is 7.41. The first-order valence-electron chi connectivity index (χ1n) is 7.85. The fraction of sp³-hybridized carbons (Fsp3) is 0.150. The fourth-order valence-electron chi connectivity index (χ4n) is 2.48. The third-order valence-electron chi connectivity index (χ3n) is 3.75. The van der Waals surface area contributed by atoms with E-state index >= 15 is 0 Å². The highest BCUT2D eigenvalue weighted by Crippen LogP contribution is 2.38. The Balaban J connectivity index is 2.01. The molecular weight excluding hydrogens is 356 g/mol. The van der Waals surface area contributed by atoms with Crippen LogP contribution in [0.5, 0.6) is 5.75 Å². The molecule has 0 saturated heterocycles. The van der Waals surface area contributed by atoms with Gasteiger partial charge in [-0.05, 0) is 29.7 Å². The highest BCUT2D eigenvalue weighted by atomic mass is 35.5. The zero-order valence-electron chi connectivity index (χ0n) is 13.8. The van der Waals surface area contributed by atoms with Gasteiger partial charge in [0.2, 0.25) is 0 Å². The van der Waals surface area contributed by atoms with Crippen molar-refractivity contribution in [2.75, 3.05) is 0 Å². The van der Waals surface area contributed by atoms with E-state index in [1.54, 1.807) is 6.07 Å². The maximum absolute atomic E-state index is 12.4. The average molecular weight is 373 g/mol. The van der Waals surface area contributed by atoms with E-state index in [0.717, 1.165) is 16.0 Å². The third-order valence-corrected chi connectivity index (χ3v) is 5.16. The van der Waals surface area contributed by atoms with Crippen LogP contribution >= 0.6 is 23.4 Å². The SMILES string of the molecule is CC(C)c1cc(Cl)ccc1Sc1c(O)cc(-c2ccccc2)oc1=O. The number of aromatic hydroxyl groups is 1. The minimum Gasteiger partial charge on any atom is -0.506 e. The highest BCUT2D eigenvalue weighted by Gasteiger charge is 2.17. The Labute approximate surface area is 155 Å². The summed E-state index contributed by atoms with van der Waals surface area (Å²) in [6.45, 7) is 4.10. The fourth-order valence-corrected chi connectivity index (χ4v) is 3.72. The Bertz CT molecular complexity index is 949. The Morgan fingerprint density at radius 3 is 2.44 bits per heavy atom. The first kappa shape index (κ1) is 17.6. The number of halogens is 1. The Kier molecular flexibility index (Phi) is 5.21. The van der Waals surface area contributed by atoms with E-state index in [1.165, 1.54) is 17.8 Å². The van der Waals surface area contributed by atoms with E-state index in [9.17, 15) is 9.90 Å². The van der Waals surface area contributed by atoms with Crippen molar-refractivity contribution < 1.29 is 9.52 Å². The molecule has 3 aromatic rings. The largest absolute Gasteiger partial charge is 0.506 e. The second-order valence-electron chi connectivity index (χ2n) is 5.92. The summed E-state index contributed by atoms with van der Waals surface area (Å²) in [5.74, 6) is 0.483. The van der Waals surface area contributed by atoms with Crippen LogP contribution < -0.4 is 5.63 Å². The summed E-state index contributed by atoms with van der Waals surface area (Å²) in [5, 5.41) is 11.0. The van der Waals surface area contributed by atoms with Crippen LogP contribution in [0.25, 0.3) is 11.3 Å². The van der Waals surface area contributed by atoms with E-state index in [4.69, 9.17) is 16.0 Å². The first-order valence-corrected chi connectivity index (χ1v) is 9.05. The minimum absolute atomic E-state index is 0.0928. The summed E-state index contributed by atoms with van der Waals surface area (Å²) in [7, 11) is 0. The van der Waals surface area contributed by atoms with Gasteiger partial charge in [-0.15, -0.1) is 0 Å². The lowest BCUT2D eigenvalue weighted by Crippen LogP contribution is -2.03. The number of benzene rings is 2. The van der Waals surface area contributed by atoms with Gasteiger partial charge in [0.15, 0.2) is 0 Å². The molecule has 1 heterocycles. The molecule has 0 saturated carbocycles. The maximum Gasteiger partial charge on any atom is 0.354 e. The van der Waals surface area contributed by atoms with Crippen LogP contribution in [-0.2, 0) is 0 Å². The number of hydrogen-bond acceptors (Lipinski definition) is 4. The Morgan fingerprint density at radius 1 is 1.08 bits per heavy atom. The van der Waals surface area contributed by atoms with Gasteiger partial charge < -0.3 is 9.52 Å². The maximum atomic E-state index is 12.4. The molecule has 25 heavy (non-hydrogen) atoms. The smallest absolute Gasteiger partial charge is 0.354 e. The predicted octanol–water partition coefficient (Wildman–Crippen LogP) is 5.94. The molecule has 0 fully saturated rings. The summed E-state index contributed by atoms with van der Waals surface area (Å²) in [4.78, 5) is 13.5. The monoisotopic (exact) mass is 372 g/mol. The van der Waals surface area contributed by atoms with Crippen LogP contribution in [0.3, 0.4) is 0 Å². The van der Waals surface area contributed by atoms with Crippen LogP contribution in [0, 0.1) is 0 Å². The summed E-state index contributed by atoms with van der Waals surface area (Å²) >= 11 is 7.27. The lowest BCUT2D eigenvalue weighted by atomic mass is 10.0. The van der Waals surface area contributed by atoms with Crippen molar-refractivity contribution in [3.05, 3.63) is 75.6 Å². The number of hydrogen-bond donors (Lipinski definition) is 1. The third kappa shape index (κ3) is 3.91. The molecule has 0 aliphatic heterocycles. The topological polar surface area (TPSA) is 50.4 Å². The average Bonchev–Trinajstić information content (AvgIpc) is 2.59. The second kappa shape index (κ2) is 7.38. The van der Waals surface area contributed by atoms with E-state index in [0.29, 0.717) is 10.8 Å². The molecule has 5 heteroatoms. The van der Waals surface area contributed by atoms with E-state index in [2.05, 4.69) is 13.8 Å². The summed E-state index contributed by atoms with van der Waals surface area (Å²) in [5.41, 5.74) is 1.19. The zero-order valence-corrected chi connectivity index (χ0v) is 15.4. The molecule has 0 atom stereocenters. The van der Waals surface area contributed by atoms with Crippen LogP contribution in [0.4, 0.5) is 0 Å². The van der Waals surface area contributed by atoms with Gasteiger partial charge in [-0.1, -0.05) is 67.5 Å². The first-order chi connectivity index (χ1) is 12.0. The summed E-state index contributed by atoms with van der Waals surface area (Å²) in [6, 6.07) is 16.2. The molecule has 0 unspecified atom stereocenters. The van der Waals surface area contributed by atoms with Gasteiger partial charge in [-0.2, -0.15) is 0 Å². The predicted molar refractivity (Wildman–Crippen MR) is 102 cm³/mol. The quantitative estimate of drug-likeness (QED) is 0.615. The van der Waals surface area contributed by atoms with Gasteiger partial charge in [0.05, 0.1) is 0 Å². The molecule has 0 amide bonds. The standard InChI is InChI=1S/C20H17ClO3S/c1-12(2)15-10-14(21)8-9-18(15)25-19-16(22)11-17(24-20(19)23)13-6-4-3-5-7-13/h3-12,22H,1-2H3. The molecule has 0 aliphatic rings. The van der Waals surface area contributed by atoms with Crippen molar-refractivity contribution in [1.82, 2.24) is 0 Å². The van der Waals surface area contributed by atoms with Gasteiger partial charge >= 0.3 is 5.63 Å². The molecule has 0 aliphatic carbocycles. The summed E-state index contributed by atoms with van der Waals surface area (Å²) in [6.07, 6.45) is 0. The zero-order chi connectivity index (χ0) is 18.0. The van der Waals surface area contributed by atoms with Crippen molar-refractivity contribution in [3.63, 3.8) is 0 Å². The van der Waals surface area contributed by atoms with Crippen molar-refractivity contribution in [2.24, 2.45) is 0 Å². The molecule has 3 nitrogen and oxygen atoms in total. The molecule has 2 aromatic carbocycles. The van der Waals surface area contributed by atoms with Gasteiger partial charge in [-0.3, -0.25) is 0 Å². The van der Waals surface area contributed by atoms with Crippen molar-refractivity contribution in [2.45, 2.75) is 29.6 Å². The van der Waals surface area contributed by atoms with Crippen molar-refractivity contribution in [1.29, 1.82) is 0 Å². The lowest BCUT2D eigenvalue weighted by molar-refractivity contribution is 0.430. The van der Waals surface area contributed by atoms with E-state index in [1.807, 2.05) is 42.5 Å². The molecule has 0 radical (unpaired) electrons. The van der Waals surface area contributed by atoms with Crippen LogP contribution in [-0.4, -0.2) is 5.11 Å². The molecule has 1 N–H and O–H groups in total. The lowest BCUT2D eigenvalue weighted by Gasteiger charge is -2.13. The van der Waals surface area contributed by atoms with Gasteiger partial charge in [-0.25, -0.2) is 4.79 Å². The van der Waals surface area contributed by atoms with Crippen LogP contribution in [0.15, 0.2) is 73.6 Å². The molecule has 3 rings (SSSR count). The van der Waals surface area contributed by atoms with Crippen molar-refractivity contribution in [3.8, 4) is 17.1 Å².